The van der Waals surface area contributed by atoms with Gasteiger partial charge in [-0.05, 0) is 0 Å². The van der Waals surface area contributed by atoms with Gasteiger partial charge in [0.05, 0.1) is 0 Å². The molecule has 0 aliphatic heterocycles. The molecular weight excluding hydrogens is 172 g/mol. The largest absolute Gasteiger partial charge is 0.479 e. The van der Waals surface area contributed by atoms with Crippen LogP contribution < -0.4 is 0 Å². The molecule has 4 nitrogen and oxygen atoms in total. The molecule has 0 aliphatic carbocycles. The van der Waals surface area contributed by atoms with Crippen molar-refractivity contribution in [3.05, 3.63) is 35.9 Å². The summed E-state index contributed by atoms with van der Waals surface area (Å²) in [6.45, 7) is 0. The average Bonchev–Trinajstić information content (AvgIpc) is 2.17. The summed E-state index contributed by atoms with van der Waals surface area (Å²) in [5.74, 6) is -2.33. The van der Waals surface area contributed by atoms with Gasteiger partial charge < -0.3 is 10.2 Å². The third-order valence-corrected chi connectivity index (χ3v) is 1.54. The number of carbonyl (C=O) groups is 2. The third kappa shape index (κ3) is 2.13. The number of carboxylic acids is 1. The summed E-state index contributed by atoms with van der Waals surface area (Å²) in [6.07, 6.45) is -1.97. The first-order valence-electron chi connectivity index (χ1n) is 3.63. The van der Waals surface area contributed by atoms with Crippen LogP contribution in [-0.4, -0.2) is 28.1 Å². The van der Waals surface area contributed by atoms with E-state index in [9.17, 15) is 9.59 Å². The lowest BCUT2D eigenvalue weighted by Gasteiger charge is -2.03. The first kappa shape index (κ1) is 9.41. The lowest BCUT2D eigenvalue weighted by molar-refractivity contribution is -0.143. The van der Waals surface area contributed by atoms with Crippen LogP contribution in [-0.2, 0) is 4.79 Å². The van der Waals surface area contributed by atoms with Gasteiger partial charge in [0.15, 0.2) is 0 Å². The second kappa shape index (κ2) is 3.82. The molecule has 1 atom stereocenters. The average molecular weight is 180 g/mol. The Hall–Kier alpha value is -1.68. The van der Waals surface area contributed by atoms with Gasteiger partial charge in [0.2, 0.25) is 11.9 Å². The predicted octanol–water partition coefficient (Wildman–Crippen LogP) is 0.315. The molecule has 0 saturated heterocycles. The maximum absolute atomic E-state index is 11.2. The molecule has 4 heteroatoms. The number of Topliss-reactive ketones (excluding diaryl/α,β-unsaturated/α-hetero) is 1. The fraction of sp³-hybridized carbons (Fsp3) is 0.111. The highest BCUT2D eigenvalue weighted by atomic mass is 16.4. The van der Waals surface area contributed by atoms with Crippen LogP contribution in [0, 0.1) is 0 Å². The van der Waals surface area contributed by atoms with Crippen molar-refractivity contribution in [3.63, 3.8) is 0 Å². The lowest BCUT2D eigenvalue weighted by Crippen LogP contribution is -2.29. The van der Waals surface area contributed by atoms with Gasteiger partial charge in [-0.15, -0.1) is 0 Å². The number of ketones is 1. The Kier molecular flexibility index (Phi) is 2.76. The molecule has 0 amide bonds. The van der Waals surface area contributed by atoms with Gasteiger partial charge >= 0.3 is 5.97 Å². The number of hydrogen-bond donors (Lipinski definition) is 2. The van der Waals surface area contributed by atoms with Gasteiger partial charge in [0, 0.05) is 5.56 Å². The Morgan fingerprint density at radius 3 is 2.15 bits per heavy atom. The molecule has 0 saturated carbocycles. The van der Waals surface area contributed by atoms with Crippen LogP contribution in [0.15, 0.2) is 30.3 Å². The van der Waals surface area contributed by atoms with Crippen molar-refractivity contribution >= 4 is 11.8 Å². The highest BCUT2D eigenvalue weighted by Crippen LogP contribution is 2.03. The van der Waals surface area contributed by atoms with Crippen molar-refractivity contribution in [2.45, 2.75) is 6.10 Å². The molecule has 1 aromatic rings. The van der Waals surface area contributed by atoms with E-state index in [1.54, 1.807) is 18.2 Å². The summed E-state index contributed by atoms with van der Waals surface area (Å²) in [5, 5.41) is 17.2. The Labute approximate surface area is 74.4 Å². The van der Waals surface area contributed by atoms with Gasteiger partial charge in [-0.3, -0.25) is 4.79 Å². The Bertz CT molecular complexity index is 318. The maximum atomic E-state index is 11.2. The summed E-state index contributed by atoms with van der Waals surface area (Å²) in [5.41, 5.74) is 0.192. The molecule has 0 bridgehead atoms. The van der Waals surface area contributed by atoms with Gasteiger partial charge in [0.1, 0.15) is 0 Å². The van der Waals surface area contributed by atoms with Gasteiger partial charge in [0.25, 0.3) is 0 Å². The minimum atomic E-state index is -1.97. The van der Waals surface area contributed by atoms with Gasteiger partial charge in [-0.2, -0.15) is 0 Å². The number of aliphatic carboxylic acids is 1. The van der Waals surface area contributed by atoms with E-state index >= 15 is 0 Å². The zero-order valence-corrected chi connectivity index (χ0v) is 6.68. The van der Waals surface area contributed by atoms with E-state index in [0.717, 1.165) is 0 Å². The molecule has 1 aromatic carbocycles. The first-order valence-corrected chi connectivity index (χ1v) is 3.63. The highest BCUT2D eigenvalue weighted by molar-refractivity contribution is 6.10. The Morgan fingerprint density at radius 1 is 1.15 bits per heavy atom. The van der Waals surface area contributed by atoms with E-state index in [4.69, 9.17) is 10.2 Å². The zero-order valence-electron chi connectivity index (χ0n) is 6.68. The molecule has 0 heterocycles. The van der Waals surface area contributed by atoms with Crippen LogP contribution in [0.4, 0.5) is 0 Å². The van der Waals surface area contributed by atoms with Crippen molar-refractivity contribution in [1.82, 2.24) is 0 Å². The summed E-state index contributed by atoms with van der Waals surface area (Å²) in [7, 11) is 0. The summed E-state index contributed by atoms with van der Waals surface area (Å²) < 4.78 is 0. The summed E-state index contributed by atoms with van der Waals surface area (Å²) in [6, 6.07) is 7.80. The standard InChI is InChI=1S/C9H8O4/c10-7(8(11)9(12)13)6-4-2-1-3-5-6/h1-5,8,11H,(H,12,13). The molecule has 2 N–H and O–H groups in total. The van der Waals surface area contributed by atoms with Crippen molar-refractivity contribution < 1.29 is 19.8 Å². The van der Waals surface area contributed by atoms with Crippen molar-refractivity contribution in [2.24, 2.45) is 0 Å². The highest BCUT2D eigenvalue weighted by Gasteiger charge is 2.23. The van der Waals surface area contributed by atoms with Crippen LogP contribution in [0.25, 0.3) is 0 Å². The van der Waals surface area contributed by atoms with Crippen molar-refractivity contribution in [2.75, 3.05) is 0 Å². The monoisotopic (exact) mass is 180 g/mol. The zero-order chi connectivity index (χ0) is 9.84. The number of aliphatic hydroxyl groups excluding tert-OH is 1. The van der Waals surface area contributed by atoms with Crippen LogP contribution >= 0.6 is 0 Å². The lowest BCUT2D eigenvalue weighted by atomic mass is 10.1. The van der Waals surface area contributed by atoms with E-state index in [-0.39, 0.29) is 5.56 Å². The van der Waals surface area contributed by atoms with E-state index < -0.39 is 17.9 Å². The number of carboxylic acid groups (broad SMARTS) is 1. The second-order valence-electron chi connectivity index (χ2n) is 2.47. The Balaban J connectivity index is 2.86. The quantitative estimate of drug-likeness (QED) is 0.518. The Morgan fingerprint density at radius 2 is 1.69 bits per heavy atom. The number of carbonyl (C=O) groups excluding carboxylic acids is 1. The molecule has 1 rings (SSSR count). The molecule has 13 heavy (non-hydrogen) atoms. The van der Waals surface area contributed by atoms with Crippen molar-refractivity contribution in [3.8, 4) is 0 Å². The van der Waals surface area contributed by atoms with Gasteiger partial charge in [-0.1, -0.05) is 30.3 Å². The minimum Gasteiger partial charge on any atom is -0.479 e. The number of aliphatic hydroxyl groups is 1. The molecule has 0 spiro atoms. The van der Waals surface area contributed by atoms with E-state index in [2.05, 4.69) is 0 Å². The van der Waals surface area contributed by atoms with Gasteiger partial charge in [-0.25, -0.2) is 4.79 Å². The fourth-order valence-corrected chi connectivity index (χ4v) is 0.872. The molecular formula is C9H8O4. The fourth-order valence-electron chi connectivity index (χ4n) is 0.872. The van der Waals surface area contributed by atoms with Crippen LogP contribution in [0.2, 0.25) is 0 Å². The van der Waals surface area contributed by atoms with Crippen LogP contribution in [0.3, 0.4) is 0 Å². The second-order valence-corrected chi connectivity index (χ2v) is 2.47. The SMILES string of the molecule is O=C(O)C(O)C(=O)c1ccccc1. The smallest absolute Gasteiger partial charge is 0.340 e. The third-order valence-electron chi connectivity index (χ3n) is 1.54. The van der Waals surface area contributed by atoms with Crippen LogP contribution in [0.1, 0.15) is 10.4 Å². The molecule has 0 aromatic heterocycles. The predicted molar refractivity (Wildman–Crippen MR) is 44.4 cm³/mol. The van der Waals surface area contributed by atoms with E-state index in [1.807, 2.05) is 0 Å². The number of hydrogen-bond acceptors (Lipinski definition) is 3. The topological polar surface area (TPSA) is 74.6 Å². The van der Waals surface area contributed by atoms with Crippen LogP contribution in [0.5, 0.6) is 0 Å². The normalized spacial score (nSPS) is 12.1. The summed E-state index contributed by atoms with van der Waals surface area (Å²) in [4.78, 5) is 21.4. The van der Waals surface area contributed by atoms with E-state index in [1.165, 1.54) is 12.1 Å². The molecule has 1 unspecified atom stereocenters. The summed E-state index contributed by atoms with van der Waals surface area (Å²) >= 11 is 0. The number of benzene rings is 1. The first-order chi connectivity index (χ1) is 6.13. The maximum Gasteiger partial charge on any atom is 0.340 e. The molecule has 0 radical (unpaired) electrons. The number of rotatable bonds is 3. The van der Waals surface area contributed by atoms with Crippen molar-refractivity contribution in [1.29, 1.82) is 0 Å². The molecule has 0 fully saturated rings. The van der Waals surface area contributed by atoms with E-state index in [0.29, 0.717) is 0 Å². The molecule has 0 aliphatic rings. The minimum absolute atomic E-state index is 0.192. The molecule has 68 valence electrons.